The fourth-order valence-electron chi connectivity index (χ4n) is 2.13. The zero-order valence-corrected chi connectivity index (χ0v) is 19.6. The van der Waals surface area contributed by atoms with Crippen molar-refractivity contribution in [1.29, 1.82) is 0 Å². The van der Waals surface area contributed by atoms with Crippen molar-refractivity contribution in [3.63, 3.8) is 0 Å². The number of nitrogens with one attached hydrogen (secondary N) is 1. The van der Waals surface area contributed by atoms with Crippen molar-refractivity contribution in [2.24, 2.45) is 0 Å². The van der Waals surface area contributed by atoms with Crippen LogP contribution in [0.1, 0.15) is 20.8 Å². The standard InChI is InChI=1S/C20H26Cl3NO2Si/c1-20(2,3)27(4,5)26-16-8-6-14(7-9-16)24-15-12-17(22)19(18(23)13-15)25-11-10-21/h6-9,12-13,24H,10-11H2,1-5H3. The van der Waals surface area contributed by atoms with Gasteiger partial charge in [0.15, 0.2) is 5.75 Å². The van der Waals surface area contributed by atoms with E-state index in [-0.39, 0.29) is 5.04 Å². The van der Waals surface area contributed by atoms with Crippen molar-refractivity contribution < 1.29 is 9.16 Å². The molecule has 0 fully saturated rings. The van der Waals surface area contributed by atoms with Gasteiger partial charge < -0.3 is 14.5 Å². The highest BCUT2D eigenvalue weighted by atomic mass is 35.5. The van der Waals surface area contributed by atoms with Crippen molar-refractivity contribution in [3.05, 3.63) is 46.4 Å². The first-order chi connectivity index (χ1) is 12.5. The number of hydrogen-bond donors (Lipinski definition) is 1. The highest BCUT2D eigenvalue weighted by Gasteiger charge is 2.38. The Morgan fingerprint density at radius 1 is 0.963 bits per heavy atom. The molecule has 0 heterocycles. The van der Waals surface area contributed by atoms with E-state index in [1.807, 2.05) is 24.3 Å². The Morgan fingerprint density at radius 2 is 1.52 bits per heavy atom. The van der Waals surface area contributed by atoms with Crippen LogP contribution in [0.2, 0.25) is 28.2 Å². The normalized spacial score (nSPS) is 12.0. The van der Waals surface area contributed by atoms with Crippen LogP contribution in [-0.2, 0) is 0 Å². The van der Waals surface area contributed by atoms with Gasteiger partial charge in [0.05, 0.1) is 15.9 Å². The Hall–Kier alpha value is -1.07. The van der Waals surface area contributed by atoms with Crippen LogP contribution < -0.4 is 14.5 Å². The van der Waals surface area contributed by atoms with Gasteiger partial charge in [-0.05, 0) is 54.5 Å². The molecule has 0 aliphatic carbocycles. The number of rotatable bonds is 7. The molecule has 0 amide bonds. The molecule has 0 radical (unpaired) electrons. The second kappa shape index (κ2) is 8.95. The molecule has 2 aromatic rings. The van der Waals surface area contributed by atoms with Crippen LogP contribution in [-0.4, -0.2) is 20.8 Å². The molecule has 0 bridgehead atoms. The zero-order valence-electron chi connectivity index (χ0n) is 16.3. The summed E-state index contributed by atoms with van der Waals surface area (Å²) in [7, 11) is -1.85. The summed E-state index contributed by atoms with van der Waals surface area (Å²) in [5, 5.41) is 4.33. The third-order valence-corrected chi connectivity index (χ3v) is 9.72. The molecule has 27 heavy (non-hydrogen) atoms. The maximum atomic E-state index is 6.30. The van der Waals surface area contributed by atoms with E-state index >= 15 is 0 Å². The average Bonchev–Trinajstić information content (AvgIpc) is 2.55. The van der Waals surface area contributed by atoms with Crippen LogP contribution in [0.3, 0.4) is 0 Å². The average molecular weight is 447 g/mol. The third-order valence-electron chi connectivity index (χ3n) is 4.64. The summed E-state index contributed by atoms with van der Waals surface area (Å²) in [6, 6.07) is 11.5. The quantitative estimate of drug-likeness (QED) is 0.348. The van der Waals surface area contributed by atoms with E-state index < -0.39 is 8.32 Å². The SMILES string of the molecule is CC(C)(C)[Si](C)(C)Oc1ccc(Nc2cc(Cl)c(OCCCl)c(Cl)c2)cc1. The minimum atomic E-state index is -1.85. The number of ether oxygens (including phenoxy) is 1. The van der Waals surface area contributed by atoms with Gasteiger partial charge in [-0.25, -0.2) is 0 Å². The van der Waals surface area contributed by atoms with Gasteiger partial charge in [0.25, 0.3) is 0 Å². The molecule has 0 spiro atoms. The smallest absolute Gasteiger partial charge is 0.250 e. The number of benzene rings is 2. The van der Waals surface area contributed by atoms with Crippen LogP contribution in [0.4, 0.5) is 11.4 Å². The molecule has 0 saturated heterocycles. The van der Waals surface area contributed by atoms with Gasteiger partial charge >= 0.3 is 0 Å². The van der Waals surface area contributed by atoms with E-state index in [4.69, 9.17) is 44.0 Å². The fourth-order valence-corrected chi connectivity index (χ4v) is 3.84. The van der Waals surface area contributed by atoms with E-state index in [0.29, 0.717) is 28.3 Å². The monoisotopic (exact) mass is 445 g/mol. The topological polar surface area (TPSA) is 30.5 Å². The van der Waals surface area contributed by atoms with Gasteiger partial charge in [0.1, 0.15) is 12.4 Å². The molecular weight excluding hydrogens is 421 g/mol. The Bertz CT molecular complexity index is 751. The highest BCUT2D eigenvalue weighted by Crippen LogP contribution is 2.39. The number of halogens is 3. The zero-order chi connectivity index (χ0) is 20.2. The summed E-state index contributed by atoms with van der Waals surface area (Å²) < 4.78 is 11.8. The molecule has 148 valence electrons. The van der Waals surface area contributed by atoms with Crippen molar-refractivity contribution in [1.82, 2.24) is 0 Å². The van der Waals surface area contributed by atoms with Gasteiger partial charge in [-0.1, -0.05) is 44.0 Å². The van der Waals surface area contributed by atoms with Crippen molar-refractivity contribution >= 4 is 54.5 Å². The van der Waals surface area contributed by atoms with Crippen LogP contribution in [0.5, 0.6) is 11.5 Å². The minimum absolute atomic E-state index is 0.157. The lowest BCUT2D eigenvalue weighted by molar-refractivity contribution is 0.343. The maximum Gasteiger partial charge on any atom is 0.250 e. The summed E-state index contributed by atoms with van der Waals surface area (Å²) in [5.74, 6) is 1.70. The molecule has 7 heteroatoms. The molecule has 1 N–H and O–H groups in total. The summed E-state index contributed by atoms with van der Waals surface area (Å²) in [6.45, 7) is 11.5. The number of anilines is 2. The first-order valence-electron chi connectivity index (χ1n) is 8.77. The fraction of sp³-hybridized carbons (Fsp3) is 0.400. The lowest BCUT2D eigenvalue weighted by Gasteiger charge is -2.36. The van der Waals surface area contributed by atoms with Crippen LogP contribution in [0.25, 0.3) is 0 Å². The number of alkyl halides is 1. The third kappa shape index (κ3) is 5.95. The Labute approximate surface area is 178 Å². The summed E-state index contributed by atoms with van der Waals surface area (Å²) >= 11 is 18.2. The predicted molar refractivity (Wildman–Crippen MR) is 120 cm³/mol. The Balaban J connectivity index is 2.11. The molecule has 0 atom stereocenters. The first kappa shape index (κ1) is 22.2. The molecule has 0 aromatic heterocycles. The van der Waals surface area contributed by atoms with Crippen LogP contribution in [0, 0.1) is 0 Å². The Morgan fingerprint density at radius 3 is 2.00 bits per heavy atom. The summed E-state index contributed by atoms with van der Waals surface area (Å²) in [6.07, 6.45) is 0. The molecule has 2 rings (SSSR count). The van der Waals surface area contributed by atoms with Gasteiger partial charge in [-0.15, -0.1) is 11.6 Å². The van der Waals surface area contributed by atoms with E-state index in [9.17, 15) is 0 Å². The largest absolute Gasteiger partial charge is 0.544 e. The van der Waals surface area contributed by atoms with Crippen molar-refractivity contribution in [3.8, 4) is 11.5 Å². The maximum absolute atomic E-state index is 6.30. The molecule has 0 aliphatic heterocycles. The predicted octanol–water partition coefficient (Wildman–Crippen LogP) is 7.74. The molecule has 2 aromatic carbocycles. The lowest BCUT2D eigenvalue weighted by atomic mass is 10.2. The summed E-state index contributed by atoms with van der Waals surface area (Å²) in [5.41, 5.74) is 1.69. The van der Waals surface area contributed by atoms with E-state index in [0.717, 1.165) is 17.1 Å². The van der Waals surface area contributed by atoms with Crippen molar-refractivity contribution in [2.45, 2.75) is 38.9 Å². The molecule has 0 aliphatic rings. The second-order valence-corrected chi connectivity index (χ2v) is 13.7. The van der Waals surface area contributed by atoms with E-state index in [1.165, 1.54) is 0 Å². The van der Waals surface area contributed by atoms with E-state index in [2.05, 4.69) is 39.2 Å². The van der Waals surface area contributed by atoms with Crippen molar-refractivity contribution in [2.75, 3.05) is 17.8 Å². The minimum Gasteiger partial charge on any atom is -0.544 e. The van der Waals surface area contributed by atoms with E-state index in [1.54, 1.807) is 12.1 Å². The molecule has 0 saturated carbocycles. The van der Waals surface area contributed by atoms with Crippen LogP contribution in [0.15, 0.2) is 36.4 Å². The van der Waals surface area contributed by atoms with Gasteiger partial charge in [-0.3, -0.25) is 0 Å². The summed E-state index contributed by atoms with van der Waals surface area (Å²) in [4.78, 5) is 0. The number of hydrogen-bond acceptors (Lipinski definition) is 3. The van der Waals surface area contributed by atoms with Gasteiger partial charge in [-0.2, -0.15) is 0 Å². The van der Waals surface area contributed by atoms with Gasteiger partial charge in [0, 0.05) is 11.4 Å². The Kier molecular flexibility index (Phi) is 7.37. The molecule has 3 nitrogen and oxygen atoms in total. The molecule has 0 unspecified atom stereocenters. The van der Waals surface area contributed by atoms with Gasteiger partial charge in [0.2, 0.25) is 8.32 Å². The first-order valence-corrected chi connectivity index (χ1v) is 13.0. The molecular formula is C20H26Cl3NO2Si. The van der Waals surface area contributed by atoms with Crippen LogP contribution >= 0.6 is 34.8 Å². The lowest BCUT2D eigenvalue weighted by Crippen LogP contribution is -2.43. The second-order valence-electron chi connectivity index (χ2n) is 7.82. The highest BCUT2D eigenvalue weighted by molar-refractivity contribution is 6.74.